The fraction of sp³-hybridized carbons (Fsp3) is 0.333. The Balaban J connectivity index is 2.88. The van der Waals surface area contributed by atoms with Crippen LogP contribution in [0.5, 0.6) is 0 Å². The van der Waals surface area contributed by atoms with Crippen LogP contribution in [0.1, 0.15) is 12.5 Å². The summed E-state index contributed by atoms with van der Waals surface area (Å²) >= 11 is 5.70. The quantitative estimate of drug-likeness (QED) is 0.779. The fourth-order valence-electron chi connectivity index (χ4n) is 1.45. The van der Waals surface area contributed by atoms with E-state index in [-0.39, 0.29) is 16.9 Å². The van der Waals surface area contributed by atoms with Crippen molar-refractivity contribution < 1.29 is 4.39 Å². The summed E-state index contributed by atoms with van der Waals surface area (Å²) in [5, 5.41) is 3.26. The lowest BCUT2D eigenvalue weighted by molar-refractivity contribution is 0.576. The third kappa shape index (κ3) is 3.05. The minimum absolute atomic E-state index is 0.0815. The van der Waals surface area contributed by atoms with Crippen molar-refractivity contribution in [3.8, 4) is 0 Å². The standard InChI is InChI=1S/C12H15ClFN/c1-8(2)11(15-3)7-9-5-4-6-10(13)12(9)14/h4-6,11,15H,1,7H2,2-3H3. The van der Waals surface area contributed by atoms with Crippen LogP contribution in [0.2, 0.25) is 5.02 Å². The van der Waals surface area contributed by atoms with E-state index in [1.165, 1.54) is 0 Å². The van der Waals surface area contributed by atoms with E-state index in [2.05, 4.69) is 11.9 Å². The molecule has 3 heteroatoms. The van der Waals surface area contributed by atoms with E-state index in [1.807, 2.05) is 14.0 Å². The van der Waals surface area contributed by atoms with E-state index in [4.69, 9.17) is 11.6 Å². The van der Waals surface area contributed by atoms with Gasteiger partial charge in [-0.2, -0.15) is 0 Å². The highest BCUT2D eigenvalue weighted by Crippen LogP contribution is 2.20. The van der Waals surface area contributed by atoms with Crippen LogP contribution in [-0.4, -0.2) is 13.1 Å². The molecule has 82 valence electrons. The smallest absolute Gasteiger partial charge is 0.145 e. The lowest BCUT2D eigenvalue weighted by Gasteiger charge is -2.16. The van der Waals surface area contributed by atoms with Gasteiger partial charge in [-0.3, -0.25) is 0 Å². The van der Waals surface area contributed by atoms with Gasteiger partial charge in [0.1, 0.15) is 5.82 Å². The summed E-state index contributed by atoms with van der Waals surface area (Å²) in [6, 6.07) is 5.13. The number of rotatable bonds is 4. The molecule has 0 aromatic heterocycles. The molecule has 1 rings (SSSR count). The highest BCUT2D eigenvalue weighted by molar-refractivity contribution is 6.30. The molecular weight excluding hydrogens is 213 g/mol. The predicted octanol–water partition coefficient (Wildman–Crippen LogP) is 3.19. The summed E-state index contributed by atoms with van der Waals surface area (Å²) in [6.45, 7) is 5.78. The molecule has 0 aliphatic heterocycles. The van der Waals surface area contributed by atoms with Gasteiger partial charge in [0.15, 0.2) is 0 Å². The second kappa shape index (κ2) is 5.29. The first-order valence-electron chi connectivity index (χ1n) is 4.81. The Hall–Kier alpha value is -0.860. The Morgan fingerprint density at radius 2 is 2.27 bits per heavy atom. The molecular formula is C12H15ClFN. The van der Waals surface area contributed by atoms with Crippen LogP contribution in [0.3, 0.4) is 0 Å². The lowest BCUT2D eigenvalue weighted by Crippen LogP contribution is -2.28. The number of benzene rings is 1. The van der Waals surface area contributed by atoms with Gasteiger partial charge < -0.3 is 5.32 Å². The summed E-state index contributed by atoms with van der Waals surface area (Å²) in [5.41, 5.74) is 1.60. The van der Waals surface area contributed by atoms with Crippen LogP contribution in [0, 0.1) is 5.82 Å². The monoisotopic (exact) mass is 227 g/mol. The second-order valence-electron chi connectivity index (χ2n) is 3.60. The number of hydrogen-bond acceptors (Lipinski definition) is 1. The topological polar surface area (TPSA) is 12.0 Å². The number of hydrogen-bond donors (Lipinski definition) is 1. The van der Waals surface area contributed by atoms with Crippen LogP contribution < -0.4 is 5.32 Å². The highest BCUT2D eigenvalue weighted by Gasteiger charge is 2.12. The molecule has 1 N–H and O–H groups in total. The molecule has 0 aliphatic rings. The average molecular weight is 228 g/mol. The Bertz CT molecular complexity index is 363. The molecule has 0 bridgehead atoms. The van der Waals surface area contributed by atoms with Gasteiger partial charge in [-0.1, -0.05) is 35.9 Å². The molecule has 1 unspecified atom stereocenters. The molecule has 0 saturated carbocycles. The summed E-state index contributed by atoms with van der Waals surface area (Å²) in [7, 11) is 1.84. The van der Waals surface area contributed by atoms with Crippen molar-refractivity contribution in [2.45, 2.75) is 19.4 Å². The van der Waals surface area contributed by atoms with Gasteiger partial charge >= 0.3 is 0 Å². The number of halogens is 2. The van der Waals surface area contributed by atoms with E-state index in [9.17, 15) is 4.39 Å². The van der Waals surface area contributed by atoms with Crippen molar-refractivity contribution in [1.29, 1.82) is 0 Å². The Morgan fingerprint density at radius 1 is 1.60 bits per heavy atom. The molecule has 0 spiro atoms. The van der Waals surface area contributed by atoms with Crippen LogP contribution in [0.4, 0.5) is 4.39 Å². The maximum atomic E-state index is 13.6. The van der Waals surface area contributed by atoms with Crippen LogP contribution in [0.25, 0.3) is 0 Å². The van der Waals surface area contributed by atoms with Crippen molar-refractivity contribution in [1.82, 2.24) is 5.32 Å². The summed E-state index contributed by atoms with van der Waals surface area (Å²) in [5.74, 6) is -0.333. The summed E-state index contributed by atoms with van der Waals surface area (Å²) in [4.78, 5) is 0. The molecule has 0 saturated heterocycles. The largest absolute Gasteiger partial charge is 0.313 e. The first-order valence-corrected chi connectivity index (χ1v) is 5.19. The molecule has 15 heavy (non-hydrogen) atoms. The zero-order valence-electron chi connectivity index (χ0n) is 8.98. The minimum atomic E-state index is -0.333. The zero-order chi connectivity index (χ0) is 11.4. The highest BCUT2D eigenvalue weighted by atomic mass is 35.5. The Morgan fingerprint density at radius 3 is 2.80 bits per heavy atom. The molecule has 1 aromatic rings. The van der Waals surface area contributed by atoms with E-state index in [1.54, 1.807) is 18.2 Å². The minimum Gasteiger partial charge on any atom is -0.313 e. The second-order valence-corrected chi connectivity index (χ2v) is 4.01. The van der Waals surface area contributed by atoms with Gasteiger partial charge in [0.05, 0.1) is 5.02 Å². The SMILES string of the molecule is C=C(C)C(Cc1cccc(Cl)c1F)NC. The number of likely N-dealkylation sites (N-methyl/N-ethyl adjacent to an activating group) is 1. The molecule has 0 fully saturated rings. The first-order chi connectivity index (χ1) is 7.06. The first kappa shape index (κ1) is 12.2. The van der Waals surface area contributed by atoms with Gasteiger partial charge in [-0.25, -0.2) is 4.39 Å². The molecule has 1 aromatic carbocycles. The van der Waals surface area contributed by atoms with Crippen LogP contribution in [-0.2, 0) is 6.42 Å². The third-order valence-corrected chi connectivity index (χ3v) is 2.69. The zero-order valence-corrected chi connectivity index (χ0v) is 9.74. The van der Waals surface area contributed by atoms with Gasteiger partial charge in [0, 0.05) is 6.04 Å². The molecule has 1 atom stereocenters. The number of nitrogens with one attached hydrogen (secondary N) is 1. The van der Waals surface area contributed by atoms with E-state index < -0.39 is 0 Å². The van der Waals surface area contributed by atoms with Gasteiger partial charge in [0.2, 0.25) is 0 Å². The maximum absolute atomic E-state index is 13.6. The normalized spacial score (nSPS) is 12.5. The van der Waals surface area contributed by atoms with Crippen molar-refractivity contribution in [2.75, 3.05) is 7.05 Å². The van der Waals surface area contributed by atoms with Crippen molar-refractivity contribution in [2.24, 2.45) is 0 Å². The third-order valence-electron chi connectivity index (χ3n) is 2.40. The van der Waals surface area contributed by atoms with Gasteiger partial charge in [0.25, 0.3) is 0 Å². The van der Waals surface area contributed by atoms with Crippen molar-refractivity contribution in [3.63, 3.8) is 0 Å². The van der Waals surface area contributed by atoms with Crippen molar-refractivity contribution >= 4 is 11.6 Å². The van der Waals surface area contributed by atoms with Gasteiger partial charge in [-0.05, 0) is 32.0 Å². The Labute approximate surface area is 95.0 Å². The molecule has 0 amide bonds. The van der Waals surface area contributed by atoms with Crippen LogP contribution in [0.15, 0.2) is 30.4 Å². The summed E-state index contributed by atoms with van der Waals surface area (Å²) in [6.07, 6.45) is 0.568. The maximum Gasteiger partial charge on any atom is 0.145 e. The molecule has 0 heterocycles. The van der Waals surface area contributed by atoms with Gasteiger partial charge in [-0.15, -0.1) is 0 Å². The van der Waals surface area contributed by atoms with Crippen LogP contribution >= 0.6 is 11.6 Å². The van der Waals surface area contributed by atoms with E-state index >= 15 is 0 Å². The van der Waals surface area contributed by atoms with Crippen molar-refractivity contribution in [3.05, 3.63) is 46.8 Å². The molecule has 1 nitrogen and oxygen atoms in total. The fourth-order valence-corrected chi connectivity index (χ4v) is 1.64. The summed E-state index contributed by atoms with van der Waals surface area (Å²) < 4.78 is 13.6. The average Bonchev–Trinajstić information content (AvgIpc) is 2.19. The Kier molecular flexibility index (Phi) is 4.30. The van der Waals surface area contributed by atoms with E-state index in [0.29, 0.717) is 12.0 Å². The molecule has 0 radical (unpaired) electrons. The molecule has 0 aliphatic carbocycles. The lowest BCUT2D eigenvalue weighted by atomic mass is 10.0. The van der Waals surface area contributed by atoms with E-state index in [0.717, 1.165) is 5.57 Å². The predicted molar refractivity (Wildman–Crippen MR) is 62.8 cm³/mol.